The maximum Gasteiger partial charge on any atom is 0.226 e. The van der Waals surface area contributed by atoms with Crippen molar-refractivity contribution in [2.75, 3.05) is 13.1 Å². The third-order valence-corrected chi connectivity index (χ3v) is 4.05. The molecule has 1 unspecified atom stereocenters. The lowest BCUT2D eigenvalue weighted by atomic mass is 9.90. The van der Waals surface area contributed by atoms with Crippen molar-refractivity contribution in [2.24, 2.45) is 5.92 Å². The molecule has 0 aromatic heterocycles. The van der Waals surface area contributed by atoms with Crippen molar-refractivity contribution in [3.8, 4) is 0 Å². The van der Waals surface area contributed by atoms with Gasteiger partial charge in [-0.3, -0.25) is 4.79 Å². The molecule has 1 fully saturated rings. The smallest absolute Gasteiger partial charge is 0.226 e. The SMILES string of the molecule is CCC(O)C1CCN(C(=O)Cc2ccccc2)CC1. The molecule has 1 heterocycles. The summed E-state index contributed by atoms with van der Waals surface area (Å²) in [5.74, 6) is 0.571. The minimum Gasteiger partial charge on any atom is -0.393 e. The third-order valence-electron chi connectivity index (χ3n) is 4.05. The van der Waals surface area contributed by atoms with E-state index in [2.05, 4.69) is 0 Å². The van der Waals surface area contributed by atoms with Crippen molar-refractivity contribution >= 4 is 5.91 Å². The highest BCUT2D eigenvalue weighted by Gasteiger charge is 2.26. The van der Waals surface area contributed by atoms with Gasteiger partial charge in [0.2, 0.25) is 5.91 Å². The average Bonchev–Trinajstić information content (AvgIpc) is 2.47. The van der Waals surface area contributed by atoms with E-state index in [0.29, 0.717) is 12.3 Å². The predicted octanol–water partition coefficient (Wildman–Crippen LogP) is 2.24. The van der Waals surface area contributed by atoms with E-state index in [0.717, 1.165) is 37.9 Å². The molecule has 1 aliphatic heterocycles. The summed E-state index contributed by atoms with van der Waals surface area (Å²) in [6, 6.07) is 9.88. The Morgan fingerprint density at radius 3 is 2.53 bits per heavy atom. The number of likely N-dealkylation sites (tertiary alicyclic amines) is 1. The Morgan fingerprint density at radius 2 is 1.95 bits per heavy atom. The summed E-state index contributed by atoms with van der Waals surface area (Å²) in [5, 5.41) is 9.84. The number of benzene rings is 1. The Hall–Kier alpha value is -1.35. The van der Waals surface area contributed by atoms with Crippen LogP contribution < -0.4 is 0 Å². The Kier molecular flexibility index (Phi) is 4.97. The molecular weight excluding hydrogens is 238 g/mol. The molecule has 1 N–H and O–H groups in total. The van der Waals surface area contributed by atoms with E-state index >= 15 is 0 Å². The van der Waals surface area contributed by atoms with E-state index in [1.165, 1.54) is 0 Å². The van der Waals surface area contributed by atoms with Gasteiger partial charge < -0.3 is 10.0 Å². The molecular formula is C16H23NO2. The first kappa shape index (κ1) is 14.1. The number of piperidine rings is 1. The van der Waals surface area contributed by atoms with Crippen LogP contribution >= 0.6 is 0 Å². The van der Waals surface area contributed by atoms with Crippen molar-refractivity contribution in [3.63, 3.8) is 0 Å². The molecule has 19 heavy (non-hydrogen) atoms. The zero-order chi connectivity index (χ0) is 13.7. The van der Waals surface area contributed by atoms with Crippen molar-refractivity contribution in [2.45, 2.75) is 38.7 Å². The van der Waals surface area contributed by atoms with E-state index in [4.69, 9.17) is 0 Å². The Bertz CT molecular complexity index is 396. The highest BCUT2D eigenvalue weighted by Crippen LogP contribution is 2.22. The summed E-state index contributed by atoms with van der Waals surface area (Å²) in [4.78, 5) is 14.1. The number of carbonyl (C=O) groups excluding carboxylic acids is 1. The van der Waals surface area contributed by atoms with Crippen molar-refractivity contribution in [3.05, 3.63) is 35.9 Å². The van der Waals surface area contributed by atoms with Crippen LogP contribution in [0.3, 0.4) is 0 Å². The van der Waals surface area contributed by atoms with Crippen molar-refractivity contribution < 1.29 is 9.90 Å². The van der Waals surface area contributed by atoms with Crippen LogP contribution in [0.25, 0.3) is 0 Å². The van der Waals surface area contributed by atoms with Gasteiger partial charge in [-0.2, -0.15) is 0 Å². The van der Waals surface area contributed by atoms with Crippen LogP contribution in [0.1, 0.15) is 31.7 Å². The molecule has 104 valence electrons. The second-order valence-corrected chi connectivity index (χ2v) is 5.36. The monoisotopic (exact) mass is 261 g/mol. The number of hydrogen-bond acceptors (Lipinski definition) is 2. The van der Waals surface area contributed by atoms with Crippen LogP contribution in [0.5, 0.6) is 0 Å². The van der Waals surface area contributed by atoms with Gasteiger partial charge in [-0.15, -0.1) is 0 Å². The fourth-order valence-corrected chi connectivity index (χ4v) is 2.75. The van der Waals surface area contributed by atoms with Crippen molar-refractivity contribution in [1.82, 2.24) is 4.90 Å². The van der Waals surface area contributed by atoms with Gasteiger partial charge in [0.05, 0.1) is 12.5 Å². The van der Waals surface area contributed by atoms with E-state index in [1.807, 2.05) is 42.2 Å². The van der Waals surface area contributed by atoms with Crippen LogP contribution in [0.15, 0.2) is 30.3 Å². The van der Waals surface area contributed by atoms with Crippen LogP contribution in [0, 0.1) is 5.92 Å². The second-order valence-electron chi connectivity index (χ2n) is 5.36. The van der Waals surface area contributed by atoms with E-state index in [9.17, 15) is 9.90 Å². The summed E-state index contributed by atoms with van der Waals surface area (Å²) in [7, 11) is 0. The molecule has 0 bridgehead atoms. The first-order chi connectivity index (χ1) is 9.20. The number of rotatable bonds is 4. The molecule has 1 aliphatic rings. The largest absolute Gasteiger partial charge is 0.393 e. The number of aliphatic hydroxyl groups is 1. The molecule has 1 aromatic carbocycles. The molecule has 3 nitrogen and oxygen atoms in total. The highest BCUT2D eigenvalue weighted by atomic mass is 16.3. The maximum absolute atomic E-state index is 12.2. The number of carbonyl (C=O) groups is 1. The van der Waals surface area contributed by atoms with Crippen LogP contribution in [-0.2, 0) is 11.2 Å². The molecule has 1 amide bonds. The summed E-state index contributed by atoms with van der Waals surface area (Å²) >= 11 is 0. The lowest BCUT2D eigenvalue weighted by molar-refractivity contribution is -0.132. The quantitative estimate of drug-likeness (QED) is 0.903. The van der Waals surface area contributed by atoms with Gasteiger partial charge in [-0.05, 0) is 30.7 Å². The molecule has 0 saturated carbocycles. The first-order valence-corrected chi connectivity index (χ1v) is 7.20. The summed E-state index contributed by atoms with van der Waals surface area (Å²) in [6.07, 6.45) is 2.95. The van der Waals surface area contributed by atoms with Gasteiger partial charge in [0.25, 0.3) is 0 Å². The van der Waals surface area contributed by atoms with Crippen LogP contribution in [0.2, 0.25) is 0 Å². The molecule has 1 aromatic rings. The van der Waals surface area contributed by atoms with Crippen molar-refractivity contribution in [1.29, 1.82) is 0 Å². The Morgan fingerprint density at radius 1 is 1.32 bits per heavy atom. The summed E-state index contributed by atoms with van der Waals surface area (Å²) in [6.45, 7) is 3.58. The standard InChI is InChI=1S/C16H23NO2/c1-2-15(18)14-8-10-17(11-9-14)16(19)12-13-6-4-3-5-7-13/h3-7,14-15,18H,2,8-12H2,1H3. The van der Waals surface area contributed by atoms with Crippen LogP contribution in [0.4, 0.5) is 0 Å². The predicted molar refractivity (Wildman–Crippen MR) is 75.7 cm³/mol. The van der Waals surface area contributed by atoms with E-state index in [-0.39, 0.29) is 12.0 Å². The zero-order valence-corrected chi connectivity index (χ0v) is 11.6. The molecule has 0 aliphatic carbocycles. The lowest BCUT2D eigenvalue weighted by Crippen LogP contribution is -2.41. The highest BCUT2D eigenvalue weighted by molar-refractivity contribution is 5.78. The summed E-state index contributed by atoms with van der Waals surface area (Å²) in [5.41, 5.74) is 1.07. The Balaban J connectivity index is 1.83. The van der Waals surface area contributed by atoms with Gasteiger partial charge in [-0.25, -0.2) is 0 Å². The minimum atomic E-state index is -0.202. The molecule has 2 rings (SSSR count). The Labute approximate surface area is 115 Å². The molecule has 3 heteroatoms. The van der Waals surface area contributed by atoms with E-state index < -0.39 is 0 Å². The zero-order valence-electron chi connectivity index (χ0n) is 11.6. The van der Waals surface area contributed by atoms with Gasteiger partial charge in [0.1, 0.15) is 0 Å². The normalized spacial score (nSPS) is 18.3. The topological polar surface area (TPSA) is 40.5 Å². The fourth-order valence-electron chi connectivity index (χ4n) is 2.75. The van der Waals surface area contributed by atoms with Gasteiger partial charge in [0, 0.05) is 13.1 Å². The maximum atomic E-state index is 12.2. The first-order valence-electron chi connectivity index (χ1n) is 7.20. The van der Waals surface area contributed by atoms with Crippen LogP contribution in [-0.4, -0.2) is 35.1 Å². The van der Waals surface area contributed by atoms with Gasteiger partial charge >= 0.3 is 0 Å². The minimum absolute atomic E-state index is 0.202. The molecule has 1 atom stereocenters. The van der Waals surface area contributed by atoms with E-state index in [1.54, 1.807) is 0 Å². The third kappa shape index (κ3) is 3.80. The van der Waals surface area contributed by atoms with Gasteiger partial charge in [-0.1, -0.05) is 37.3 Å². The molecule has 0 radical (unpaired) electrons. The molecule has 1 saturated heterocycles. The van der Waals surface area contributed by atoms with Gasteiger partial charge in [0.15, 0.2) is 0 Å². The fraction of sp³-hybridized carbons (Fsp3) is 0.562. The lowest BCUT2D eigenvalue weighted by Gasteiger charge is -2.34. The second kappa shape index (κ2) is 6.71. The number of hydrogen-bond donors (Lipinski definition) is 1. The summed E-state index contributed by atoms with van der Waals surface area (Å²) < 4.78 is 0. The number of amides is 1. The average molecular weight is 261 g/mol. The number of nitrogens with zero attached hydrogens (tertiary/aromatic N) is 1. The number of aliphatic hydroxyl groups excluding tert-OH is 1. The molecule has 0 spiro atoms.